The van der Waals surface area contributed by atoms with Crippen LogP contribution in [0.2, 0.25) is 0 Å². The van der Waals surface area contributed by atoms with E-state index in [0.717, 1.165) is 4.70 Å². The fraction of sp³-hybridized carbons (Fsp3) is 0.0556. The monoisotopic (exact) mass is 366 g/mol. The second-order valence-electron chi connectivity index (χ2n) is 5.62. The maximum atomic E-state index is 12.5. The van der Waals surface area contributed by atoms with Crippen LogP contribution in [0.15, 0.2) is 51.7 Å². The Bertz CT molecular complexity index is 1200. The summed E-state index contributed by atoms with van der Waals surface area (Å²) in [5, 5.41) is 3.49. The Kier molecular flexibility index (Phi) is 3.19. The number of anilines is 1. The quantitative estimate of drug-likeness (QED) is 0.585. The zero-order valence-electron chi connectivity index (χ0n) is 13.1. The van der Waals surface area contributed by atoms with Crippen molar-refractivity contribution in [1.82, 2.24) is 4.98 Å². The number of hydrogen-bond acceptors (Lipinski definition) is 7. The highest BCUT2D eigenvalue weighted by molar-refractivity contribution is 7.22. The van der Waals surface area contributed by atoms with Gasteiger partial charge in [-0.05, 0) is 12.1 Å². The van der Waals surface area contributed by atoms with Crippen molar-refractivity contribution in [2.24, 2.45) is 0 Å². The number of nitrogens with one attached hydrogen (secondary N) is 1. The second kappa shape index (κ2) is 5.57. The number of aromatic nitrogens is 1. The van der Waals surface area contributed by atoms with Crippen LogP contribution in [-0.4, -0.2) is 17.7 Å². The number of rotatable bonds is 2. The summed E-state index contributed by atoms with van der Waals surface area (Å²) < 4.78 is 17.1. The number of thiazole rings is 1. The lowest BCUT2D eigenvalue weighted by Gasteiger charge is -2.02. The number of hydrogen-bond donors (Lipinski definition) is 1. The van der Waals surface area contributed by atoms with Crippen LogP contribution in [0, 0.1) is 0 Å². The lowest BCUT2D eigenvalue weighted by atomic mass is 10.2. The Hall–Kier alpha value is -3.39. The van der Waals surface area contributed by atoms with Gasteiger partial charge in [-0.25, -0.2) is 4.98 Å². The number of amides is 1. The van der Waals surface area contributed by atoms with E-state index in [2.05, 4.69) is 10.3 Å². The first kappa shape index (κ1) is 14.9. The fourth-order valence-corrected chi connectivity index (χ4v) is 3.62. The zero-order chi connectivity index (χ0) is 17.7. The van der Waals surface area contributed by atoms with Crippen LogP contribution in [0.3, 0.4) is 0 Å². The number of carbonyl (C=O) groups excluding carboxylic acids is 1. The lowest BCUT2D eigenvalue weighted by Crippen LogP contribution is -2.14. The summed E-state index contributed by atoms with van der Waals surface area (Å²) >= 11 is 1.30. The van der Waals surface area contributed by atoms with Crippen LogP contribution in [-0.2, 0) is 0 Å². The zero-order valence-corrected chi connectivity index (χ0v) is 14.0. The molecule has 0 radical (unpaired) electrons. The van der Waals surface area contributed by atoms with E-state index in [-0.39, 0.29) is 18.0 Å². The van der Waals surface area contributed by atoms with Gasteiger partial charge in [-0.15, -0.1) is 0 Å². The van der Waals surface area contributed by atoms with Gasteiger partial charge in [0.15, 0.2) is 27.8 Å². The molecular weight excluding hydrogens is 356 g/mol. The Labute approximate surface area is 149 Å². The van der Waals surface area contributed by atoms with Gasteiger partial charge < -0.3 is 13.9 Å². The van der Waals surface area contributed by atoms with Gasteiger partial charge in [0.2, 0.25) is 6.79 Å². The summed E-state index contributed by atoms with van der Waals surface area (Å²) in [4.78, 5) is 29.0. The van der Waals surface area contributed by atoms with Gasteiger partial charge in [-0.3, -0.25) is 14.9 Å². The first-order valence-corrected chi connectivity index (χ1v) is 8.53. The van der Waals surface area contributed by atoms with E-state index < -0.39 is 5.91 Å². The van der Waals surface area contributed by atoms with Gasteiger partial charge >= 0.3 is 0 Å². The van der Waals surface area contributed by atoms with Crippen LogP contribution in [0.4, 0.5) is 5.13 Å². The lowest BCUT2D eigenvalue weighted by molar-refractivity contribution is 0.0997. The van der Waals surface area contributed by atoms with E-state index in [1.807, 2.05) is 6.07 Å². The summed E-state index contributed by atoms with van der Waals surface area (Å²) in [6.45, 7) is 0.192. The first-order valence-electron chi connectivity index (χ1n) is 7.72. The largest absolute Gasteiger partial charge is 0.454 e. The van der Waals surface area contributed by atoms with Crippen LogP contribution in [0.1, 0.15) is 10.6 Å². The van der Waals surface area contributed by atoms with Crippen LogP contribution < -0.4 is 20.2 Å². The van der Waals surface area contributed by atoms with Gasteiger partial charge in [-0.2, -0.15) is 0 Å². The molecule has 7 nitrogen and oxygen atoms in total. The molecule has 1 N–H and O–H groups in total. The SMILES string of the molecule is O=C(Nc1nc2cc3c(cc2s1)OCO3)c1cc(=O)c2ccccc2o1. The normalized spacial score (nSPS) is 12.6. The summed E-state index contributed by atoms with van der Waals surface area (Å²) in [5.41, 5.74) is 0.779. The van der Waals surface area contributed by atoms with E-state index in [4.69, 9.17) is 13.9 Å². The van der Waals surface area contributed by atoms with Gasteiger partial charge in [0.05, 0.1) is 15.6 Å². The Balaban J connectivity index is 1.48. The molecule has 1 aliphatic rings. The van der Waals surface area contributed by atoms with Gasteiger partial charge in [0.1, 0.15) is 5.58 Å². The van der Waals surface area contributed by atoms with Crippen molar-refractivity contribution in [3.05, 3.63) is 58.4 Å². The molecule has 1 aliphatic heterocycles. The molecule has 128 valence electrons. The third-order valence-electron chi connectivity index (χ3n) is 3.96. The standard InChI is InChI=1S/C18H10N2O5S/c21-11-6-15(25-12-4-2-1-3-9(11)12)17(22)20-18-19-10-5-13-14(24-8-23-13)7-16(10)26-18/h1-7H,8H2,(H,19,20,22). The van der Waals surface area contributed by atoms with Gasteiger partial charge in [0.25, 0.3) is 5.91 Å². The van der Waals surface area contributed by atoms with E-state index >= 15 is 0 Å². The molecule has 4 aromatic rings. The third kappa shape index (κ3) is 2.39. The molecular formula is C18H10N2O5S. The average molecular weight is 366 g/mol. The molecule has 8 heteroatoms. The topological polar surface area (TPSA) is 90.7 Å². The number of benzene rings is 2. The molecule has 0 atom stereocenters. The Morgan fingerprint density at radius 3 is 2.81 bits per heavy atom. The second-order valence-corrected chi connectivity index (χ2v) is 6.65. The maximum absolute atomic E-state index is 12.5. The van der Waals surface area contributed by atoms with Crippen LogP contribution in [0.25, 0.3) is 21.2 Å². The van der Waals surface area contributed by atoms with E-state index in [9.17, 15) is 9.59 Å². The van der Waals surface area contributed by atoms with Crippen molar-refractivity contribution >= 4 is 43.6 Å². The molecule has 1 amide bonds. The third-order valence-corrected chi connectivity index (χ3v) is 4.90. The molecule has 0 spiro atoms. The summed E-state index contributed by atoms with van der Waals surface area (Å²) in [6.07, 6.45) is 0. The van der Waals surface area contributed by atoms with E-state index in [0.29, 0.717) is 33.1 Å². The minimum absolute atomic E-state index is 0.0675. The molecule has 2 aromatic heterocycles. The predicted molar refractivity (Wildman–Crippen MR) is 96.2 cm³/mol. The number of carbonyl (C=O) groups is 1. The van der Waals surface area contributed by atoms with Crippen molar-refractivity contribution in [3.63, 3.8) is 0 Å². The maximum Gasteiger partial charge on any atom is 0.293 e. The Morgan fingerprint density at radius 1 is 1.12 bits per heavy atom. The molecule has 26 heavy (non-hydrogen) atoms. The molecule has 0 aliphatic carbocycles. The molecule has 5 rings (SSSR count). The van der Waals surface area contributed by atoms with Crippen molar-refractivity contribution in [2.45, 2.75) is 0 Å². The molecule has 0 unspecified atom stereocenters. The molecule has 0 saturated heterocycles. The highest BCUT2D eigenvalue weighted by Gasteiger charge is 2.18. The van der Waals surface area contributed by atoms with Crippen molar-refractivity contribution < 1.29 is 18.7 Å². The predicted octanol–water partition coefficient (Wildman–Crippen LogP) is 3.38. The molecule has 0 bridgehead atoms. The Morgan fingerprint density at radius 2 is 1.92 bits per heavy atom. The summed E-state index contributed by atoms with van der Waals surface area (Å²) in [6, 6.07) is 11.5. The summed E-state index contributed by atoms with van der Waals surface area (Å²) in [5.74, 6) is 0.676. The molecule has 0 fully saturated rings. The van der Waals surface area contributed by atoms with Crippen molar-refractivity contribution in [1.29, 1.82) is 0 Å². The van der Waals surface area contributed by atoms with Crippen LogP contribution in [0.5, 0.6) is 11.5 Å². The highest BCUT2D eigenvalue weighted by Crippen LogP contribution is 2.39. The van der Waals surface area contributed by atoms with E-state index in [1.54, 1.807) is 30.3 Å². The number of fused-ring (bicyclic) bond motifs is 3. The average Bonchev–Trinajstić information content (AvgIpc) is 3.24. The van der Waals surface area contributed by atoms with Gasteiger partial charge in [-0.1, -0.05) is 23.5 Å². The van der Waals surface area contributed by atoms with Crippen molar-refractivity contribution in [2.75, 3.05) is 12.1 Å². The smallest absolute Gasteiger partial charge is 0.293 e. The highest BCUT2D eigenvalue weighted by atomic mass is 32.1. The number of para-hydroxylation sites is 1. The van der Waals surface area contributed by atoms with Crippen molar-refractivity contribution in [3.8, 4) is 11.5 Å². The number of nitrogens with zero attached hydrogens (tertiary/aromatic N) is 1. The fourth-order valence-electron chi connectivity index (χ4n) is 2.75. The van der Waals surface area contributed by atoms with Gasteiger partial charge in [0, 0.05) is 18.2 Å². The number of ether oxygens (including phenoxy) is 2. The molecule has 3 heterocycles. The molecule has 2 aromatic carbocycles. The van der Waals surface area contributed by atoms with Crippen LogP contribution >= 0.6 is 11.3 Å². The summed E-state index contributed by atoms with van der Waals surface area (Å²) in [7, 11) is 0. The minimum Gasteiger partial charge on any atom is -0.454 e. The van der Waals surface area contributed by atoms with E-state index in [1.165, 1.54) is 17.4 Å². The molecule has 0 saturated carbocycles. The first-order chi connectivity index (χ1) is 12.7. The minimum atomic E-state index is -0.535.